The van der Waals surface area contributed by atoms with E-state index in [4.69, 9.17) is 4.74 Å². The van der Waals surface area contributed by atoms with Crippen molar-refractivity contribution < 1.29 is 22.6 Å². The lowest BCUT2D eigenvalue weighted by molar-refractivity contribution is -0.274. The quantitative estimate of drug-likeness (QED) is 0.833. The van der Waals surface area contributed by atoms with Gasteiger partial charge in [0.1, 0.15) is 5.75 Å². The van der Waals surface area contributed by atoms with Gasteiger partial charge in [0.25, 0.3) is 0 Å². The molecule has 1 aromatic carbocycles. The van der Waals surface area contributed by atoms with Crippen LogP contribution in [0.15, 0.2) is 30.5 Å². The number of fused-ring (bicyclic) bond motifs is 5. The zero-order valence-corrected chi connectivity index (χ0v) is 13.6. The van der Waals surface area contributed by atoms with Crippen LogP contribution in [0.4, 0.5) is 24.5 Å². The van der Waals surface area contributed by atoms with E-state index >= 15 is 0 Å². The molecule has 25 heavy (non-hydrogen) atoms. The molecule has 2 bridgehead atoms. The summed E-state index contributed by atoms with van der Waals surface area (Å²) in [6.45, 7) is 0. The van der Waals surface area contributed by atoms with E-state index in [0.717, 1.165) is 30.5 Å². The molecular formula is C18H17F3N2O2. The van der Waals surface area contributed by atoms with Crippen LogP contribution in [-0.2, 0) is 0 Å². The zero-order chi connectivity index (χ0) is 17.6. The molecule has 7 heteroatoms. The number of halogens is 3. The molecule has 0 amide bonds. The van der Waals surface area contributed by atoms with Gasteiger partial charge in [-0.05, 0) is 48.8 Å². The minimum absolute atomic E-state index is 0.253. The van der Waals surface area contributed by atoms with Crippen molar-refractivity contribution in [1.29, 1.82) is 0 Å². The van der Waals surface area contributed by atoms with Crippen LogP contribution in [0, 0.1) is 0 Å². The zero-order valence-electron chi connectivity index (χ0n) is 13.6. The first-order chi connectivity index (χ1) is 11.9. The van der Waals surface area contributed by atoms with Crippen LogP contribution in [0.5, 0.6) is 11.6 Å². The summed E-state index contributed by atoms with van der Waals surface area (Å²) in [5.74, 6) is 1.32. The Hall–Kier alpha value is -2.44. The molecule has 0 saturated heterocycles. The number of alkyl halides is 3. The van der Waals surface area contributed by atoms with Crippen molar-refractivity contribution >= 4 is 11.4 Å². The summed E-state index contributed by atoms with van der Waals surface area (Å²) in [6, 6.07) is 5.83. The third-order valence-electron chi connectivity index (χ3n) is 4.91. The monoisotopic (exact) mass is 350 g/mol. The second-order valence-electron chi connectivity index (χ2n) is 6.42. The van der Waals surface area contributed by atoms with Crippen LogP contribution in [0.3, 0.4) is 0 Å². The number of methoxy groups -OCH3 is 1. The van der Waals surface area contributed by atoms with Crippen LogP contribution in [-0.4, -0.2) is 18.5 Å². The Morgan fingerprint density at radius 1 is 1.16 bits per heavy atom. The van der Waals surface area contributed by atoms with Gasteiger partial charge in [0.15, 0.2) is 0 Å². The molecule has 1 fully saturated rings. The molecule has 0 aliphatic heterocycles. The lowest BCUT2D eigenvalue weighted by atomic mass is 9.91. The number of anilines is 2. The number of rotatable bonds is 4. The van der Waals surface area contributed by atoms with Gasteiger partial charge in [0.05, 0.1) is 19.0 Å². The summed E-state index contributed by atoms with van der Waals surface area (Å²) >= 11 is 0. The van der Waals surface area contributed by atoms with Gasteiger partial charge in [-0.1, -0.05) is 6.07 Å². The standard InChI is InChI=1S/C18H17F3N2O2/c1-24-17-16-11-6-5-10(7-11)15(16)14(9-22-17)23-12-3-2-4-13(8-12)25-18(19,20)21/h2-4,8-11,23H,5-7H2,1H3. The van der Waals surface area contributed by atoms with Crippen molar-refractivity contribution in [1.82, 2.24) is 4.98 Å². The molecule has 2 aromatic rings. The SMILES string of the molecule is COc1ncc(Nc2cccc(OC(F)(F)F)c2)c2c1C1CCC2C1. The molecule has 2 atom stereocenters. The number of nitrogens with zero attached hydrogens (tertiary/aromatic N) is 1. The fraction of sp³-hybridized carbons (Fsp3) is 0.389. The summed E-state index contributed by atoms with van der Waals surface area (Å²) < 4.78 is 46.6. The van der Waals surface area contributed by atoms with Gasteiger partial charge in [-0.15, -0.1) is 13.2 Å². The van der Waals surface area contributed by atoms with Crippen LogP contribution < -0.4 is 14.8 Å². The molecule has 1 saturated carbocycles. The van der Waals surface area contributed by atoms with Crippen LogP contribution in [0.1, 0.15) is 42.2 Å². The average molecular weight is 350 g/mol. The third kappa shape index (κ3) is 2.99. The number of ether oxygens (including phenoxy) is 2. The van der Waals surface area contributed by atoms with Gasteiger partial charge < -0.3 is 14.8 Å². The number of nitrogens with one attached hydrogen (secondary N) is 1. The Morgan fingerprint density at radius 3 is 2.64 bits per heavy atom. The maximum Gasteiger partial charge on any atom is 0.573 e. The Labute approximate surface area is 143 Å². The van der Waals surface area contributed by atoms with Crippen LogP contribution in [0.2, 0.25) is 0 Å². The molecule has 132 valence electrons. The van der Waals surface area contributed by atoms with Gasteiger partial charge >= 0.3 is 6.36 Å². The third-order valence-corrected chi connectivity index (χ3v) is 4.91. The van der Waals surface area contributed by atoms with Gasteiger partial charge in [-0.25, -0.2) is 4.98 Å². The van der Waals surface area contributed by atoms with Gasteiger partial charge in [-0.2, -0.15) is 0 Å². The van der Waals surface area contributed by atoms with Crippen molar-refractivity contribution in [2.75, 3.05) is 12.4 Å². The van der Waals surface area contributed by atoms with E-state index in [1.165, 1.54) is 23.8 Å². The minimum atomic E-state index is -4.71. The Morgan fingerprint density at radius 2 is 1.92 bits per heavy atom. The number of hydrogen-bond acceptors (Lipinski definition) is 4. The predicted molar refractivity (Wildman–Crippen MR) is 86.5 cm³/mol. The summed E-state index contributed by atoms with van der Waals surface area (Å²) in [4.78, 5) is 4.37. The maximum absolute atomic E-state index is 12.4. The van der Waals surface area contributed by atoms with E-state index in [2.05, 4.69) is 15.0 Å². The van der Waals surface area contributed by atoms with E-state index in [1.54, 1.807) is 19.4 Å². The predicted octanol–water partition coefficient (Wildman–Crippen LogP) is 5.10. The van der Waals surface area contributed by atoms with E-state index < -0.39 is 6.36 Å². The Balaban J connectivity index is 1.66. The Bertz CT molecular complexity index is 807. The average Bonchev–Trinajstić information content (AvgIpc) is 3.16. The first-order valence-electron chi connectivity index (χ1n) is 8.14. The normalized spacial score (nSPS) is 21.1. The lowest BCUT2D eigenvalue weighted by Gasteiger charge is -2.21. The van der Waals surface area contributed by atoms with E-state index in [-0.39, 0.29) is 5.75 Å². The smallest absolute Gasteiger partial charge is 0.481 e. The summed E-state index contributed by atoms with van der Waals surface area (Å²) in [5, 5.41) is 3.20. The van der Waals surface area contributed by atoms with E-state index in [9.17, 15) is 13.2 Å². The number of pyridine rings is 1. The molecule has 4 nitrogen and oxygen atoms in total. The first-order valence-corrected chi connectivity index (χ1v) is 8.14. The van der Waals surface area contributed by atoms with Gasteiger partial charge in [0.2, 0.25) is 5.88 Å². The summed E-state index contributed by atoms with van der Waals surface area (Å²) in [7, 11) is 1.61. The Kier molecular flexibility index (Phi) is 3.74. The molecular weight excluding hydrogens is 333 g/mol. The highest BCUT2D eigenvalue weighted by atomic mass is 19.4. The number of hydrogen-bond donors (Lipinski definition) is 1. The molecule has 2 aliphatic rings. The second kappa shape index (κ2) is 5.82. The molecule has 1 heterocycles. The molecule has 0 spiro atoms. The van der Waals surface area contributed by atoms with E-state index in [1.807, 2.05) is 0 Å². The minimum Gasteiger partial charge on any atom is -0.481 e. The highest BCUT2D eigenvalue weighted by Gasteiger charge is 2.41. The molecule has 1 N–H and O–H groups in total. The number of benzene rings is 1. The van der Waals surface area contributed by atoms with Crippen LogP contribution >= 0.6 is 0 Å². The van der Waals surface area contributed by atoms with Gasteiger partial charge in [-0.3, -0.25) is 0 Å². The van der Waals surface area contributed by atoms with Crippen LogP contribution in [0.25, 0.3) is 0 Å². The topological polar surface area (TPSA) is 43.4 Å². The van der Waals surface area contributed by atoms with Gasteiger partial charge in [0, 0.05) is 17.3 Å². The summed E-state index contributed by atoms with van der Waals surface area (Å²) in [6.07, 6.45) is 0.324. The first kappa shape index (κ1) is 16.1. The van der Waals surface area contributed by atoms with Crippen molar-refractivity contribution in [3.8, 4) is 11.6 Å². The summed E-state index contributed by atoms with van der Waals surface area (Å²) in [5.41, 5.74) is 3.68. The fourth-order valence-electron chi connectivity index (χ4n) is 4.05. The lowest BCUT2D eigenvalue weighted by Crippen LogP contribution is -2.17. The van der Waals surface area contributed by atoms with Crippen molar-refractivity contribution in [2.24, 2.45) is 0 Å². The fourth-order valence-corrected chi connectivity index (χ4v) is 4.05. The largest absolute Gasteiger partial charge is 0.573 e. The van der Waals surface area contributed by atoms with Crippen molar-refractivity contribution in [3.63, 3.8) is 0 Å². The van der Waals surface area contributed by atoms with Crippen molar-refractivity contribution in [2.45, 2.75) is 37.5 Å². The number of aromatic nitrogens is 1. The van der Waals surface area contributed by atoms with Crippen molar-refractivity contribution in [3.05, 3.63) is 41.6 Å². The highest BCUT2D eigenvalue weighted by Crippen LogP contribution is 2.57. The molecule has 1 aromatic heterocycles. The van der Waals surface area contributed by atoms with E-state index in [0.29, 0.717) is 23.4 Å². The molecule has 2 unspecified atom stereocenters. The molecule has 4 rings (SSSR count). The second-order valence-corrected chi connectivity index (χ2v) is 6.42. The molecule has 2 aliphatic carbocycles. The molecule has 0 radical (unpaired) electrons. The highest BCUT2D eigenvalue weighted by molar-refractivity contribution is 5.69. The maximum atomic E-state index is 12.4.